The summed E-state index contributed by atoms with van der Waals surface area (Å²) in [5.41, 5.74) is 6.26. The molecule has 0 aliphatic carbocycles. The zero-order valence-corrected chi connectivity index (χ0v) is 10.2. The average Bonchev–Trinajstić information content (AvgIpc) is 2.42. The summed E-state index contributed by atoms with van der Waals surface area (Å²) in [6.07, 6.45) is 2.40. The summed E-state index contributed by atoms with van der Waals surface area (Å²) in [6.45, 7) is 0. The van der Waals surface area contributed by atoms with E-state index in [1.54, 1.807) is 12.1 Å². The van der Waals surface area contributed by atoms with E-state index in [0.717, 1.165) is 6.20 Å². The Morgan fingerprint density at radius 1 is 1.42 bits per heavy atom. The fourth-order valence-electron chi connectivity index (χ4n) is 1.53. The van der Waals surface area contributed by atoms with E-state index < -0.39 is 11.7 Å². The smallest absolute Gasteiger partial charge is 0.257 e. The van der Waals surface area contributed by atoms with Crippen molar-refractivity contribution >= 4 is 17.3 Å². The molecule has 0 aliphatic rings. The zero-order chi connectivity index (χ0) is 13.8. The molecule has 19 heavy (non-hydrogen) atoms. The van der Waals surface area contributed by atoms with Gasteiger partial charge in [0, 0.05) is 11.9 Å². The van der Waals surface area contributed by atoms with Gasteiger partial charge < -0.3 is 15.8 Å². The summed E-state index contributed by atoms with van der Waals surface area (Å²) in [5.74, 6) is -0.631. The molecule has 0 fully saturated rings. The highest BCUT2D eigenvalue weighted by Crippen LogP contribution is 2.21. The topological polar surface area (TPSA) is 77.2 Å². The highest BCUT2D eigenvalue weighted by atomic mass is 19.1. The molecular weight excluding hydrogens is 249 g/mol. The van der Waals surface area contributed by atoms with Crippen LogP contribution in [0.2, 0.25) is 0 Å². The molecule has 0 unspecified atom stereocenters. The number of methoxy groups -OCH3 is 1. The van der Waals surface area contributed by atoms with E-state index in [9.17, 15) is 9.18 Å². The Labute approximate surface area is 109 Å². The molecule has 1 aromatic heterocycles. The molecule has 5 nitrogen and oxygen atoms in total. The molecule has 0 saturated heterocycles. The first-order valence-electron chi connectivity index (χ1n) is 5.46. The van der Waals surface area contributed by atoms with E-state index >= 15 is 0 Å². The molecule has 2 rings (SSSR count). The molecule has 0 aliphatic heterocycles. The first-order chi connectivity index (χ1) is 9.11. The largest absolute Gasteiger partial charge is 0.497 e. The highest BCUT2D eigenvalue weighted by molar-refractivity contribution is 6.08. The van der Waals surface area contributed by atoms with Crippen molar-refractivity contribution in [1.29, 1.82) is 0 Å². The number of nitrogen functional groups attached to an aromatic ring is 1. The molecule has 6 heteroatoms. The van der Waals surface area contributed by atoms with Gasteiger partial charge in [-0.1, -0.05) is 0 Å². The van der Waals surface area contributed by atoms with E-state index in [4.69, 9.17) is 10.5 Å². The maximum Gasteiger partial charge on any atom is 0.257 e. The number of nitrogens with zero attached hydrogens (tertiary/aromatic N) is 1. The summed E-state index contributed by atoms with van der Waals surface area (Å²) in [7, 11) is 1.48. The Kier molecular flexibility index (Phi) is 3.61. The van der Waals surface area contributed by atoms with Crippen LogP contribution in [0.25, 0.3) is 0 Å². The Bertz CT molecular complexity index is 617. The first kappa shape index (κ1) is 12.8. The van der Waals surface area contributed by atoms with E-state index in [-0.39, 0.29) is 16.9 Å². The number of rotatable bonds is 3. The van der Waals surface area contributed by atoms with Crippen molar-refractivity contribution in [2.24, 2.45) is 0 Å². The number of anilines is 2. The number of amides is 1. The number of carbonyl (C=O) groups excluding carboxylic acids is 1. The lowest BCUT2D eigenvalue weighted by atomic mass is 10.1. The number of pyridine rings is 1. The van der Waals surface area contributed by atoms with Crippen molar-refractivity contribution in [2.75, 3.05) is 18.2 Å². The second-order valence-electron chi connectivity index (χ2n) is 3.76. The lowest BCUT2D eigenvalue weighted by Crippen LogP contribution is -2.15. The van der Waals surface area contributed by atoms with Crippen LogP contribution in [0.5, 0.6) is 5.75 Å². The van der Waals surface area contributed by atoms with E-state index in [0.29, 0.717) is 5.75 Å². The predicted octanol–water partition coefficient (Wildman–Crippen LogP) is 2.06. The predicted molar refractivity (Wildman–Crippen MR) is 69.6 cm³/mol. The lowest BCUT2D eigenvalue weighted by Gasteiger charge is -2.09. The van der Waals surface area contributed by atoms with Crippen LogP contribution in [-0.2, 0) is 0 Å². The third-order valence-corrected chi connectivity index (χ3v) is 2.53. The molecule has 0 bridgehead atoms. The van der Waals surface area contributed by atoms with Gasteiger partial charge in [-0.2, -0.15) is 0 Å². The number of benzene rings is 1. The number of aromatic nitrogens is 1. The fourth-order valence-corrected chi connectivity index (χ4v) is 1.53. The van der Waals surface area contributed by atoms with Crippen LogP contribution in [0.3, 0.4) is 0 Å². The van der Waals surface area contributed by atoms with Crippen molar-refractivity contribution in [2.45, 2.75) is 0 Å². The Morgan fingerprint density at radius 2 is 2.21 bits per heavy atom. The number of carbonyl (C=O) groups is 1. The van der Waals surface area contributed by atoms with Gasteiger partial charge in [0.15, 0.2) is 5.82 Å². The minimum absolute atomic E-state index is 0.0437. The molecule has 0 spiro atoms. The van der Waals surface area contributed by atoms with Gasteiger partial charge in [0.1, 0.15) is 5.75 Å². The monoisotopic (exact) mass is 261 g/mol. The molecule has 0 saturated carbocycles. The van der Waals surface area contributed by atoms with Gasteiger partial charge in [-0.05, 0) is 24.3 Å². The summed E-state index contributed by atoms with van der Waals surface area (Å²) in [5, 5.41) is 2.43. The molecule has 98 valence electrons. The van der Waals surface area contributed by atoms with Gasteiger partial charge >= 0.3 is 0 Å². The second-order valence-corrected chi connectivity index (χ2v) is 3.76. The SMILES string of the molecule is COc1ccc(N)c(C(=O)Nc2ccncc2F)c1. The number of nitrogens with two attached hydrogens (primary N) is 1. The fraction of sp³-hybridized carbons (Fsp3) is 0.0769. The van der Waals surface area contributed by atoms with Crippen molar-refractivity contribution in [3.8, 4) is 5.75 Å². The molecule has 3 N–H and O–H groups in total. The van der Waals surface area contributed by atoms with Crippen LogP contribution >= 0.6 is 0 Å². The van der Waals surface area contributed by atoms with Gasteiger partial charge in [-0.15, -0.1) is 0 Å². The van der Waals surface area contributed by atoms with Crippen molar-refractivity contribution in [3.63, 3.8) is 0 Å². The van der Waals surface area contributed by atoms with Gasteiger partial charge in [0.2, 0.25) is 0 Å². The summed E-state index contributed by atoms with van der Waals surface area (Å²) >= 11 is 0. The molecule has 1 heterocycles. The van der Waals surface area contributed by atoms with Crippen LogP contribution < -0.4 is 15.8 Å². The third kappa shape index (κ3) is 2.79. The maximum atomic E-state index is 13.4. The van der Waals surface area contributed by atoms with E-state index in [2.05, 4.69) is 10.3 Å². The lowest BCUT2D eigenvalue weighted by molar-refractivity contribution is 0.102. The zero-order valence-electron chi connectivity index (χ0n) is 10.2. The second kappa shape index (κ2) is 5.34. The molecule has 1 amide bonds. The Morgan fingerprint density at radius 3 is 2.89 bits per heavy atom. The van der Waals surface area contributed by atoms with Crippen LogP contribution in [0.4, 0.5) is 15.8 Å². The third-order valence-electron chi connectivity index (χ3n) is 2.53. The molecule has 1 aromatic carbocycles. The maximum absolute atomic E-state index is 13.4. The Hall–Kier alpha value is -2.63. The van der Waals surface area contributed by atoms with Gasteiger partial charge in [-0.3, -0.25) is 9.78 Å². The number of hydrogen-bond acceptors (Lipinski definition) is 4. The number of ether oxygens (including phenoxy) is 1. The molecule has 0 radical (unpaired) electrons. The van der Waals surface area contributed by atoms with Crippen molar-refractivity contribution in [3.05, 3.63) is 48.0 Å². The molecular formula is C13H12FN3O2. The van der Waals surface area contributed by atoms with E-state index in [1.807, 2.05) is 0 Å². The Balaban J connectivity index is 2.28. The quantitative estimate of drug-likeness (QED) is 0.829. The van der Waals surface area contributed by atoms with Gasteiger partial charge in [0.25, 0.3) is 5.91 Å². The van der Waals surface area contributed by atoms with Crippen molar-refractivity contribution < 1.29 is 13.9 Å². The highest BCUT2D eigenvalue weighted by Gasteiger charge is 2.13. The molecule has 2 aromatic rings. The van der Waals surface area contributed by atoms with Crippen LogP contribution in [0, 0.1) is 5.82 Å². The molecule has 0 atom stereocenters. The normalized spacial score (nSPS) is 10.0. The summed E-state index contributed by atoms with van der Waals surface area (Å²) in [4.78, 5) is 15.6. The first-order valence-corrected chi connectivity index (χ1v) is 5.46. The minimum atomic E-state index is -0.614. The van der Waals surface area contributed by atoms with Gasteiger partial charge in [-0.25, -0.2) is 4.39 Å². The summed E-state index contributed by atoms with van der Waals surface area (Å²) < 4.78 is 18.4. The summed E-state index contributed by atoms with van der Waals surface area (Å²) in [6, 6.07) is 6.04. The van der Waals surface area contributed by atoms with Crippen molar-refractivity contribution in [1.82, 2.24) is 4.98 Å². The number of hydrogen-bond donors (Lipinski definition) is 2. The average molecular weight is 261 g/mol. The number of halogens is 1. The van der Waals surface area contributed by atoms with Crippen LogP contribution in [0.1, 0.15) is 10.4 Å². The standard InChI is InChI=1S/C13H12FN3O2/c1-19-8-2-3-11(15)9(6-8)13(18)17-12-4-5-16-7-10(12)14/h2-7H,15H2,1H3,(H,16,17,18). The van der Waals surface area contributed by atoms with E-state index in [1.165, 1.54) is 25.4 Å². The van der Waals surface area contributed by atoms with Crippen LogP contribution in [-0.4, -0.2) is 18.0 Å². The van der Waals surface area contributed by atoms with Gasteiger partial charge in [0.05, 0.1) is 24.6 Å². The number of nitrogens with one attached hydrogen (secondary N) is 1. The van der Waals surface area contributed by atoms with Crippen LogP contribution in [0.15, 0.2) is 36.7 Å². The minimum Gasteiger partial charge on any atom is -0.497 e.